The molecule has 0 saturated heterocycles. The number of ketones is 1. The highest BCUT2D eigenvalue weighted by atomic mass is 32.2. The first-order valence-corrected chi connectivity index (χ1v) is 9.69. The molecule has 26 heavy (non-hydrogen) atoms. The van der Waals surface area contributed by atoms with Crippen LogP contribution in [0.15, 0.2) is 29.4 Å². The molecule has 1 aromatic carbocycles. The predicted octanol–water partition coefficient (Wildman–Crippen LogP) is 4.48. The molecule has 0 aliphatic rings. The molecule has 0 saturated carbocycles. The second kappa shape index (κ2) is 8.54. The van der Waals surface area contributed by atoms with E-state index in [4.69, 9.17) is 0 Å². The van der Waals surface area contributed by atoms with E-state index in [1.807, 2.05) is 13.8 Å². The summed E-state index contributed by atoms with van der Waals surface area (Å²) in [6.07, 6.45) is 0. The highest BCUT2D eigenvalue weighted by Gasteiger charge is 2.20. The van der Waals surface area contributed by atoms with Crippen molar-refractivity contribution in [1.29, 1.82) is 0 Å². The van der Waals surface area contributed by atoms with Crippen molar-refractivity contribution in [3.63, 3.8) is 0 Å². The van der Waals surface area contributed by atoms with E-state index < -0.39 is 0 Å². The largest absolute Gasteiger partial charge is 0.325 e. The molecule has 2 rings (SSSR count). The van der Waals surface area contributed by atoms with Gasteiger partial charge in [0, 0.05) is 23.5 Å². The third kappa shape index (κ3) is 4.97. The average Bonchev–Trinajstić information content (AvgIpc) is 2.82. The molecule has 0 fully saturated rings. The minimum Gasteiger partial charge on any atom is -0.325 e. The van der Waals surface area contributed by atoms with Crippen LogP contribution < -0.4 is 5.32 Å². The Labute approximate surface area is 159 Å². The number of Topliss-reactive ketones (excluding diaryl/α,β-unsaturated/α-hetero) is 1. The van der Waals surface area contributed by atoms with E-state index in [1.54, 1.807) is 24.3 Å². The molecule has 5 nitrogen and oxygen atoms in total. The Kier molecular flexibility index (Phi) is 6.64. The summed E-state index contributed by atoms with van der Waals surface area (Å²) in [5.74, 6) is 0.371. The lowest BCUT2D eigenvalue weighted by Gasteiger charge is -2.15. The molecule has 1 atom stereocenters. The highest BCUT2D eigenvalue weighted by Crippen LogP contribution is 2.27. The van der Waals surface area contributed by atoms with Crippen LogP contribution in [0.2, 0.25) is 0 Å². The van der Waals surface area contributed by atoms with Crippen LogP contribution in [0, 0.1) is 19.8 Å². The van der Waals surface area contributed by atoms with Gasteiger partial charge in [0.25, 0.3) is 0 Å². The second-order valence-corrected chi connectivity index (χ2v) is 8.26. The van der Waals surface area contributed by atoms with Crippen molar-refractivity contribution in [3.05, 3.63) is 41.2 Å². The van der Waals surface area contributed by atoms with Gasteiger partial charge in [0.1, 0.15) is 0 Å². The lowest BCUT2D eigenvalue weighted by Crippen LogP contribution is -2.23. The fourth-order valence-corrected chi connectivity index (χ4v) is 3.58. The van der Waals surface area contributed by atoms with Crippen molar-refractivity contribution in [2.75, 3.05) is 5.32 Å². The van der Waals surface area contributed by atoms with Gasteiger partial charge >= 0.3 is 0 Å². The number of anilines is 1. The molecule has 1 aromatic heterocycles. The number of aryl methyl sites for hydroxylation is 1. The standard InChI is InChI=1S/C20H27N3O2S/c1-12(2)11-23-14(4)13(3)21-20(23)26-16(6)19(25)22-18-9-7-8-17(10-18)15(5)24/h7-10,12,16H,11H2,1-6H3,(H,22,25)/t16-/m1/s1. The first kappa shape index (κ1) is 20.2. The van der Waals surface area contributed by atoms with Crippen molar-refractivity contribution >= 4 is 29.1 Å². The van der Waals surface area contributed by atoms with Gasteiger partial charge in [-0.2, -0.15) is 0 Å². The number of carbonyl (C=O) groups excluding carboxylic acids is 2. The summed E-state index contributed by atoms with van der Waals surface area (Å²) in [6, 6.07) is 7.00. The van der Waals surface area contributed by atoms with Gasteiger partial charge in [-0.05, 0) is 45.7 Å². The Bertz CT molecular complexity index is 811. The van der Waals surface area contributed by atoms with Gasteiger partial charge in [0.15, 0.2) is 10.9 Å². The maximum absolute atomic E-state index is 12.6. The monoisotopic (exact) mass is 373 g/mol. The van der Waals surface area contributed by atoms with Gasteiger partial charge in [0.05, 0.1) is 10.9 Å². The van der Waals surface area contributed by atoms with Crippen LogP contribution in [-0.4, -0.2) is 26.5 Å². The number of aromatic nitrogens is 2. The summed E-state index contributed by atoms with van der Waals surface area (Å²) >= 11 is 1.46. The van der Waals surface area contributed by atoms with Crippen molar-refractivity contribution in [1.82, 2.24) is 9.55 Å². The number of thioether (sulfide) groups is 1. The Morgan fingerprint density at radius 3 is 2.54 bits per heavy atom. The molecular weight excluding hydrogens is 346 g/mol. The number of hydrogen-bond acceptors (Lipinski definition) is 4. The van der Waals surface area contributed by atoms with Gasteiger partial charge in [-0.15, -0.1) is 0 Å². The number of benzene rings is 1. The number of nitrogens with zero attached hydrogens (tertiary/aromatic N) is 2. The predicted molar refractivity (Wildman–Crippen MR) is 107 cm³/mol. The van der Waals surface area contributed by atoms with Crippen LogP contribution in [0.1, 0.15) is 49.4 Å². The zero-order valence-electron chi connectivity index (χ0n) is 16.3. The zero-order valence-corrected chi connectivity index (χ0v) is 17.1. The van der Waals surface area contributed by atoms with E-state index in [1.165, 1.54) is 18.7 Å². The Morgan fingerprint density at radius 2 is 1.92 bits per heavy atom. The van der Waals surface area contributed by atoms with Crippen molar-refractivity contribution in [2.45, 2.75) is 58.5 Å². The van der Waals surface area contributed by atoms with E-state index in [2.05, 4.69) is 35.6 Å². The van der Waals surface area contributed by atoms with Gasteiger partial charge in [0.2, 0.25) is 5.91 Å². The van der Waals surface area contributed by atoms with Crippen LogP contribution in [0.3, 0.4) is 0 Å². The van der Waals surface area contributed by atoms with Crippen molar-refractivity contribution in [3.8, 4) is 0 Å². The lowest BCUT2D eigenvalue weighted by molar-refractivity contribution is -0.115. The molecule has 2 aromatic rings. The Hall–Kier alpha value is -2.08. The van der Waals surface area contributed by atoms with E-state index in [0.29, 0.717) is 17.2 Å². The van der Waals surface area contributed by atoms with E-state index >= 15 is 0 Å². The molecule has 0 unspecified atom stereocenters. The normalized spacial score (nSPS) is 12.3. The number of imidazole rings is 1. The maximum atomic E-state index is 12.6. The van der Waals surface area contributed by atoms with E-state index in [0.717, 1.165) is 23.1 Å². The maximum Gasteiger partial charge on any atom is 0.237 e. The lowest BCUT2D eigenvalue weighted by atomic mass is 10.1. The summed E-state index contributed by atoms with van der Waals surface area (Å²) in [7, 11) is 0. The van der Waals surface area contributed by atoms with Crippen LogP contribution in [-0.2, 0) is 11.3 Å². The highest BCUT2D eigenvalue weighted by molar-refractivity contribution is 8.00. The smallest absolute Gasteiger partial charge is 0.237 e. The average molecular weight is 374 g/mol. The van der Waals surface area contributed by atoms with Gasteiger partial charge < -0.3 is 9.88 Å². The fourth-order valence-electron chi connectivity index (χ4n) is 2.57. The van der Waals surface area contributed by atoms with E-state index in [9.17, 15) is 9.59 Å². The summed E-state index contributed by atoms with van der Waals surface area (Å²) in [5.41, 5.74) is 3.35. The van der Waals surface area contributed by atoms with Crippen LogP contribution in [0.5, 0.6) is 0 Å². The number of hydrogen-bond donors (Lipinski definition) is 1. The fraction of sp³-hybridized carbons (Fsp3) is 0.450. The molecule has 140 valence electrons. The molecule has 0 aliphatic carbocycles. The van der Waals surface area contributed by atoms with Crippen molar-refractivity contribution in [2.24, 2.45) is 5.92 Å². The van der Waals surface area contributed by atoms with E-state index in [-0.39, 0.29) is 16.9 Å². The number of rotatable bonds is 7. The molecule has 1 heterocycles. The molecule has 0 bridgehead atoms. The quantitative estimate of drug-likeness (QED) is 0.574. The third-order valence-corrected chi connectivity index (χ3v) is 5.25. The molecule has 0 spiro atoms. The minimum atomic E-state index is -0.303. The molecule has 0 radical (unpaired) electrons. The topological polar surface area (TPSA) is 64.0 Å². The molecule has 1 amide bonds. The summed E-state index contributed by atoms with van der Waals surface area (Å²) in [5, 5.41) is 3.46. The van der Waals surface area contributed by atoms with Crippen molar-refractivity contribution < 1.29 is 9.59 Å². The number of nitrogens with one attached hydrogen (secondary N) is 1. The minimum absolute atomic E-state index is 0.0230. The van der Waals surface area contributed by atoms with Gasteiger partial charge in [-0.1, -0.05) is 37.7 Å². The summed E-state index contributed by atoms with van der Waals surface area (Å²) < 4.78 is 2.19. The molecule has 6 heteroatoms. The second-order valence-electron chi connectivity index (χ2n) is 6.96. The first-order valence-electron chi connectivity index (χ1n) is 8.81. The number of carbonyl (C=O) groups is 2. The molecular formula is C20H27N3O2S. The Balaban J connectivity index is 2.11. The molecule has 0 aliphatic heterocycles. The first-order chi connectivity index (χ1) is 12.2. The third-order valence-electron chi connectivity index (χ3n) is 4.16. The van der Waals surface area contributed by atoms with Crippen LogP contribution in [0.4, 0.5) is 5.69 Å². The van der Waals surface area contributed by atoms with Crippen LogP contribution in [0.25, 0.3) is 0 Å². The zero-order chi connectivity index (χ0) is 19.4. The SMILES string of the molecule is CC(=O)c1cccc(NC(=O)[C@@H](C)Sc2nc(C)c(C)n2CC(C)C)c1. The number of amides is 1. The Morgan fingerprint density at radius 1 is 1.23 bits per heavy atom. The van der Waals surface area contributed by atoms with Gasteiger partial charge in [-0.3, -0.25) is 9.59 Å². The summed E-state index contributed by atoms with van der Waals surface area (Å²) in [4.78, 5) is 28.7. The molecule has 1 N–H and O–H groups in total. The summed E-state index contributed by atoms with van der Waals surface area (Å²) in [6.45, 7) is 12.7. The van der Waals surface area contributed by atoms with Crippen LogP contribution >= 0.6 is 11.8 Å². The van der Waals surface area contributed by atoms with Gasteiger partial charge in [-0.25, -0.2) is 4.98 Å².